The molecule has 0 aliphatic carbocycles. The highest BCUT2D eigenvalue weighted by molar-refractivity contribution is 6.00. The number of piperazine rings is 1. The van der Waals surface area contributed by atoms with Gasteiger partial charge in [-0.15, -0.1) is 0 Å². The van der Waals surface area contributed by atoms with E-state index in [9.17, 15) is 18.4 Å². The zero-order valence-electron chi connectivity index (χ0n) is 12.1. The molecule has 21 heavy (non-hydrogen) atoms. The third kappa shape index (κ3) is 2.55. The van der Waals surface area contributed by atoms with Crippen LogP contribution in [-0.2, 0) is 4.79 Å². The Morgan fingerprint density at radius 3 is 2.43 bits per heavy atom. The van der Waals surface area contributed by atoms with Crippen molar-refractivity contribution >= 4 is 17.5 Å². The van der Waals surface area contributed by atoms with Gasteiger partial charge in [0.15, 0.2) is 0 Å². The van der Waals surface area contributed by atoms with Crippen molar-refractivity contribution in [2.24, 2.45) is 0 Å². The average molecular weight is 297 g/mol. The van der Waals surface area contributed by atoms with Crippen LogP contribution >= 0.6 is 0 Å². The van der Waals surface area contributed by atoms with E-state index in [0.717, 1.165) is 12.1 Å². The number of hydrogen-bond acceptors (Lipinski definition) is 3. The summed E-state index contributed by atoms with van der Waals surface area (Å²) in [6.07, 6.45) is 0. The Morgan fingerprint density at radius 2 is 1.90 bits per heavy atom. The minimum atomic E-state index is -1.07. The molecule has 0 bridgehead atoms. The lowest BCUT2D eigenvalue weighted by Crippen LogP contribution is -2.63. The Hall–Kier alpha value is -2.18. The largest absolute Gasteiger partial charge is 0.383 e. The second-order valence-electron chi connectivity index (χ2n) is 5.34. The summed E-state index contributed by atoms with van der Waals surface area (Å²) in [6, 6.07) is 1.94. The molecule has 5 nitrogen and oxygen atoms in total. The van der Waals surface area contributed by atoms with E-state index in [1.165, 1.54) is 11.9 Å². The molecule has 1 aromatic carbocycles. The number of amides is 2. The summed E-state index contributed by atoms with van der Waals surface area (Å²) in [5.41, 5.74) is -1.47. The lowest BCUT2D eigenvalue weighted by atomic mass is 9.97. The highest BCUT2D eigenvalue weighted by atomic mass is 19.1. The van der Waals surface area contributed by atoms with Crippen molar-refractivity contribution in [3.63, 3.8) is 0 Å². The summed E-state index contributed by atoms with van der Waals surface area (Å²) in [5, 5.41) is 5.05. The topological polar surface area (TPSA) is 61.4 Å². The van der Waals surface area contributed by atoms with Gasteiger partial charge >= 0.3 is 0 Å². The number of nitrogens with one attached hydrogen (secondary N) is 2. The van der Waals surface area contributed by atoms with Crippen molar-refractivity contribution < 1.29 is 18.4 Å². The number of carbonyl (C=O) groups excluding carboxylic acids is 2. The van der Waals surface area contributed by atoms with E-state index < -0.39 is 23.1 Å². The number of nitrogens with zero attached hydrogens (tertiary/aromatic N) is 1. The van der Waals surface area contributed by atoms with Gasteiger partial charge in [0.2, 0.25) is 5.91 Å². The minimum Gasteiger partial charge on any atom is -0.383 e. The minimum absolute atomic E-state index is 0.119. The van der Waals surface area contributed by atoms with E-state index in [1.807, 2.05) is 0 Å². The van der Waals surface area contributed by atoms with Crippen molar-refractivity contribution in [1.29, 1.82) is 0 Å². The van der Waals surface area contributed by atoms with Gasteiger partial charge in [0.1, 0.15) is 22.9 Å². The van der Waals surface area contributed by atoms with Crippen molar-refractivity contribution in [3.05, 3.63) is 29.3 Å². The van der Waals surface area contributed by atoms with E-state index >= 15 is 0 Å². The molecule has 0 atom stereocenters. The van der Waals surface area contributed by atoms with Gasteiger partial charge in [0.25, 0.3) is 5.91 Å². The predicted octanol–water partition coefficient (Wildman–Crippen LogP) is 1.36. The van der Waals surface area contributed by atoms with Gasteiger partial charge in [-0.1, -0.05) is 0 Å². The van der Waals surface area contributed by atoms with Crippen LogP contribution in [0.4, 0.5) is 14.5 Å². The maximum Gasteiger partial charge on any atom is 0.255 e. The molecule has 1 saturated heterocycles. The van der Waals surface area contributed by atoms with Gasteiger partial charge in [0.05, 0.1) is 0 Å². The molecule has 7 heteroatoms. The van der Waals surface area contributed by atoms with Crippen LogP contribution in [0.1, 0.15) is 24.2 Å². The molecule has 114 valence electrons. The summed E-state index contributed by atoms with van der Waals surface area (Å²) in [5.74, 6) is -2.56. The van der Waals surface area contributed by atoms with Gasteiger partial charge in [-0.25, -0.2) is 8.78 Å². The zero-order chi connectivity index (χ0) is 15.8. The Bertz CT molecular complexity index is 579. The molecule has 1 aromatic rings. The van der Waals surface area contributed by atoms with Gasteiger partial charge in [-0.05, 0) is 26.0 Å². The predicted molar refractivity (Wildman–Crippen MR) is 74.0 cm³/mol. The zero-order valence-corrected chi connectivity index (χ0v) is 12.1. The Morgan fingerprint density at radius 1 is 1.33 bits per heavy atom. The monoisotopic (exact) mass is 297 g/mol. The summed E-state index contributed by atoms with van der Waals surface area (Å²) in [6.45, 7) is 3.78. The molecule has 0 saturated carbocycles. The number of anilines is 1. The molecule has 1 heterocycles. The molecule has 2 N–H and O–H groups in total. The molecule has 1 aliphatic rings. The second-order valence-corrected chi connectivity index (χ2v) is 5.34. The molecule has 0 unspecified atom stereocenters. The highest BCUT2D eigenvalue weighted by Crippen LogP contribution is 2.24. The first-order valence-electron chi connectivity index (χ1n) is 6.56. The molecule has 0 spiro atoms. The van der Waals surface area contributed by atoms with Crippen molar-refractivity contribution in [2.45, 2.75) is 19.4 Å². The van der Waals surface area contributed by atoms with Crippen LogP contribution in [0.3, 0.4) is 0 Å². The summed E-state index contributed by atoms with van der Waals surface area (Å²) >= 11 is 0. The fraction of sp³-hybridized carbons (Fsp3) is 0.429. The SMILES string of the molecule is CNc1c(F)cc(C(=O)N2CCNC(=O)C2(C)C)cc1F. The molecule has 2 rings (SSSR count). The number of carbonyl (C=O) groups is 2. The Kier molecular flexibility index (Phi) is 3.85. The van der Waals surface area contributed by atoms with Gasteiger partial charge in [-0.3, -0.25) is 9.59 Å². The summed E-state index contributed by atoms with van der Waals surface area (Å²) in [4.78, 5) is 25.6. The van der Waals surface area contributed by atoms with Crippen molar-refractivity contribution in [1.82, 2.24) is 10.2 Å². The molecule has 0 radical (unpaired) electrons. The fourth-order valence-electron chi connectivity index (χ4n) is 2.35. The number of halogens is 2. The van der Waals surface area contributed by atoms with E-state index in [4.69, 9.17) is 0 Å². The standard InChI is InChI=1S/C14H17F2N3O2/c1-14(2)13(21)18-4-5-19(14)12(20)8-6-9(15)11(17-3)10(16)7-8/h6-7,17H,4-5H2,1-3H3,(H,18,21). The smallest absolute Gasteiger partial charge is 0.255 e. The van der Waals surface area contributed by atoms with Gasteiger partial charge in [-0.2, -0.15) is 0 Å². The van der Waals surface area contributed by atoms with Crippen LogP contribution in [-0.4, -0.2) is 42.4 Å². The summed E-state index contributed by atoms with van der Waals surface area (Å²) in [7, 11) is 1.39. The highest BCUT2D eigenvalue weighted by Gasteiger charge is 2.40. The Labute approximate surface area is 121 Å². The van der Waals surface area contributed by atoms with E-state index in [-0.39, 0.29) is 23.7 Å². The van der Waals surface area contributed by atoms with Crippen LogP contribution in [0.15, 0.2) is 12.1 Å². The lowest BCUT2D eigenvalue weighted by Gasteiger charge is -2.41. The average Bonchev–Trinajstić information content (AvgIpc) is 2.40. The normalized spacial score (nSPS) is 17.4. The third-order valence-electron chi connectivity index (χ3n) is 3.64. The maximum atomic E-state index is 13.8. The Balaban J connectivity index is 2.38. The quantitative estimate of drug-likeness (QED) is 0.866. The van der Waals surface area contributed by atoms with Gasteiger partial charge < -0.3 is 15.5 Å². The van der Waals surface area contributed by atoms with Crippen LogP contribution in [0, 0.1) is 11.6 Å². The number of hydrogen-bond donors (Lipinski definition) is 2. The lowest BCUT2D eigenvalue weighted by molar-refractivity contribution is -0.133. The van der Waals surface area contributed by atoms with Crippen LogP contribution in [0.25, 0.3) is 0 Å². The maximum absolute atomic E-state index is 13.8. The molecular weight excluding hydrogens is 280 g/mol. The van der Waals surface area contributed by atoms with Crippen molar-refractivity contribution in [3.8, 4) is 0 Å². The van der Waals surface area contributed by atoms with Crippen LogP contribution < -0.4 is 10.6 Å². The third-order valence-corrected chi connectivity index (χ3v) is 3.64. The van der Waals surface area contributed by atoms with E-state index in [1.54, 1.807) is 13.8 Å². The van der Waals surface area contributed by atoms with Gasteiger partial charge in [0, 0.05) is 25.7 Å². The summed E-state index contributed by atoms with van der Waals surface area (Å²) < 4.78 is 27.5. The van der Waals surface area contributed by atoms with E-state index in [2.05, 4.69) is 10.6 Å². The molecule has 1 aliphatic heterocycles. The first-order valence-corrected chi connectivity index (χ1v) is 6.56. The first kappa shape index (κ1) is 15.2. The molecular formula is C14H17F2N3O2. The second kappa shape index (κ2) is 5.31. The molecule has 0 aromatic heterocycles. The van der Waals surface area contributed by atoms with Crippen LogP contribution in [0.2, 0.25) is 0 Å². The fourth-order valence-corrected chi connectivity index (χ4v) is 2.35. The van der Waals surface area contributed by atoms with Crippen molar-refractivity contribution in [2.75, 3.05) is 25.5 Å². The first-order chi connectivity index (χ1) is 9.78. The number of rotatable bonds is 2. The number of benzene rings is 1. The van der Waals surface area contributed by atoms with E-state index in [0.29, 0.717) is 6.54 Å². The van der Waals surface area contributed by atoms with Crippen LogP contribution in [0.5, 0.6) is 0 Å². The molecule has 2 amide bonds. The molecule has 1 fully saturated rings.